The summed E-state index contributed by atoms with van der Waals surface area (Å²) in [6, 6.07) is 3.45. The Hall–Kier alpha value is -1.87. The van der Waals surface area contributed by atoms with Gasteiger partial charge in [0.1, 0.15) is 0 Å². The summed E-state index contributed by atoms with van der Waals surface area (Å²) in [7, 11) is 1.85. The van der Waals surface area contributed by atoms with E-state index in [2.05, 4.69) is 20.8 Å². The minimum absolute atomic E-state index is 0.107. The summed E-state index contributed by atoms with van der Waals surface area (Å²) in [4.78, 5) is 24.1. The van der Waals surface area contributed by atoms with E-state index in [1.807, 2.05) is 36.1 Å². The molecule has 7 nitrogen and oxygen atoms in total. The molecule has 3 amide bonds. The smallest absolute Gasteiger partial charge is 0.321 e. The second kappa shape index (κ2) is 7.95. The minimum atomic E-state index is -0.468. The number of urea groups is 1. The number of nitrogens with one attached hydrogen (secondary N) is 2. The molecule has 0 aliphatic heterocycles. The molecule has 0 spiro atoms. The van der Waals surface area contributed by atoms with E-state index in [1.54, 1.807) is 11.3 Å². The number of thiophene rings is 1. The van der Waals surface area contributed by atoms with Gasteiger partial charge in [-0.25, -0.2) is 4.79 Å². The molecular formula is C13H17N5O2S2. The summed E-state index contributed by atoms with van der Waals surface area (Å²) < 4.78 is 1.83. The standard InChI is InChI=1S/C13H17N5O2S2/c1-3-6-14-12(20)15-10(19)8-22-13-17-16-11(18(13)2)9-5-4-7-21-9/h4-5,7H,3,6,8H2,1-2H3,(H2,14,15,19,20). The van der Waals surface area contributed by atoms with Crippen molar-refractivity contribution in [3.8, 4) is 10.7 Å². The average molecular weight is 339 g/mol. The molecular weight excluding hydrogens is 322 g/mol. The molecule has 2 aromatic heterocycles. The number of amides is 3. The lowest BCUT2D eigenvalue weighted by atomic mass is 10.4. The molecule has 0 fully saturated rings. The second-order valence-corrected chi connectivity index (χ2v) is 6.33. The summed E-state index contributed by atoms with van der Waals surface area (Å²) in [5.74, 6) is 0.508. The number of hydrogen-bond donors (Lipinski definition) is 2. The van der Waals surface area contributed by atoms with E-state index in [9.17, 15) is 9.59 Å². The van der Waals surface area contributed by atoms with Crippen molar-refractivity contribution >= 4 is 35.0 Å². The van der Waals surface area contributed by atoms with Gasteiger partial charge in [-0.05, 0) is 17.9 Å². The summed E-state index contributed by atoms with van der Waals surface area (Å²) in [6.07, 6.45) is 0.820. The number of rotatable bonds is 6. The molecule has 0 unspecified atom stereocenters. The van der Waals surface area contributed by atoms with Crippen LogP contribution in [0.25, 0.3) is 10.7 Å². The van der Waals surface area contributed by atoms with Gasteiger partial charge in [-0.2, -0.15) is 0 Å². The number of imide groups is 1. The van der Waals surface area contributed by atoms with Gasteiger partial charge in [-0.3, -0.25) is 10.1 Å². The lowest BCUT2D eigenvalue weighted by Gasteiger charge is -2.05. The first-order valence-electron chi connectivity index (χ1n) is 6.75. The maximum Gasteiger partial charge on any atom is 0.321 e. The topological polar surface area (TPSA) is 88.9 Å². The van der Waals surface area contributed by atoms with Gasteiger partial charge in [0, 0.05) is 13.6 Å². The summed E-state index contributed by atoms with van der Waals surface area (Å²) >= 11 is 2.82. The van der Waals surface area contributed by atoms with Gasteiger partial charge < -0.3 is 9.88 Å². The normalized spacial score (nSPS) is 10.5. The maximum atomic E-state index is 11.7. The molecule has 2 heterocycles. The first-order chi connectivity index (χ1) is 10.6. The van der Waals surface area contributed by atoms with Gasteiger partial charge >= 0.3 is 6.03 Å². The van der Waals surface area contributed by atoms with Crippen molar-refractivity contribution in [2.24, 2.45) is 7.05 Å². The van der Waals surface area contributed by atoms with Gasteiger partial charge in [0.2, 0.25) is 5.91 Å². The predicted molar refractivity (Wildman–Crippen MR) is 86.9 cm³/mol. The SMILES string of the molecule is CCCNC(=O)NC(=O)CSc1nnc(-c2cccs2)n1C. The Kier molecular flexibility index (Phi) is 5.96. The Balaban J connectivity index is 1.87. The Morgan fingerprint density at radius 2 is 2.23 bits per heavy atom. The third kappa shape index (κ3) is 4.31. The lowest BCUT2D eigenvalue weighted by Crippen LogP contribution is -2.40. The highest BCUT2D eigenvalue weighted by molar-refractivity contribution is 7.99. The third-order valence-electron chi connectivity index (χ3n) is 2.70. The van der Waals surface area contributed by atoms with Crippen molar-refractivity contribution in [1.82, 2.24) is 25.4 Å². The fourth-order valence-electron chi connectivity index (χ4n) is 1.64. The maximum absolute atomic E-state index is 11.7. The van der Waals surface area contributed by atoms with E-state index in [1.165, 1.54) is 11.8 Å². The van der Waals surface area contributed by atoms with Crippen molar-refractivity contribution in [3.63, 3.8) is 0 Å². The number of carbonyl (C=O) groups excluding carboxylic acids is 2. The van der Waals surface area contributed by atoms with Crippen LogP contribution >= 0.6 is 23.1 Å². The van der Waals surface area contributed by atoms with E-state index in [-0.39, 0.29) is 11.7 Å². The Labute approximate surface area is 136 Å². The van der Waals surface area contributed by atoms with Crippen molar-refractivity contribution in [2.45, 2.75) is 18.5 Å². The predicted octanol–water partition coefficient (Wildman–Crippen LogP) is 1.87. The zero-order valence-corrected chi connectivity index (χ0v) is 14.0. The molecule has 0 radical (unpaired) electrons. The molecule has 2 rings (SSSR count). The quantitative estimate of drug-likeness (QED) is 0.784. The van der Waals surface area contributed by atoms with Crippen LogP contribution in [-0.2, 0) is 11.8 Å². The first-order valence-corrected chi connectivity index (χ1v) is 8.62. The van der Waals surface area contributed by atoms with Crippen molar-refractivity contribution < 1.29 is 9.59 Å². The number of thioether (sulfide) groups is 1. The molecule has 0 aromatic carbocycles. The van der Waals surface area contributed by atoms with Crippen molar-refractivity contribution in [3.05, 3.63) is 17.5 Å². The molecule has 118 valence electrons. The molecule has 0 aliphatic rings. The van der Waals surface area contributed by atoms with E-state index in [0.717, 1.165) is 17.1 Å². The summed E-state index contributed by atoms with van der Waals surface area (Å²) in [5.41, 5.74) is 0. The van der Waals surface area contributed by atoms with Crippen LogP contribution in [0.15, 0.2) is 22.7 Å². The highest BCUT2D eigenvalue weighted by Gasteiger charge is 2.14. The zero-order valence-electron chi connectivity index (χ0n) is 12.3. The van der Waals surface area contributed by atoms with Gasteiger partial charge in [0.25, 0.3) is 0 Å². The Morgan fingerprint density at radius 3 is 2.91 bits per heavy atom. The van der Waals surface area contributed by atoms with Crippen LogP contribution < -0.4 is 10.6 Å². The van der Waals surface area contributed by atoms with Crippen LogP contribution in [-0.4, -0.2) is 39.0 Å². The zero-order chi connectivity index (χ0) is 15.9. The van der Waals surface area contributed by atoms with Gasteiger partial charge in [0.15, 0.2) is 11.0 Å². The van der Waals surface area contributed by atoms with Crippen molar-refractivity contribution in [1.29, 1.82) is 0 Å². The number of aromatic nitrogens is 3. The molecule has 0 atom stereocenters. The number of carbonyl (C=O) groups is 2. The molecule has 0 aliphatic carbocycles. The molecule has 2 aromatic rings. The molecule has 9 heteroatoms. The van der Waals surface area contributed by atoms with E-state index in [4.69, 9.17) is 0 Å². The summed E-state index contributed by atoms with van der Waals surface area (Å²) in [5, 5.41) is 15.7. The number of nitrogens with zero attached hydrogens (tertiary/aromatic N) is 3. The molecule has 0 bridgehead atoms. The first kappa shape index (κ1) is 16.5. The van der Waals surface area contributed by atoms with Crippen LogP contribution in [0.4, 0.5) is 4.79 Å². The van der Waals surface area contributed by atoms with Crippen LogP contribution in [0.1, 0.15) is 13.3 Å². The van der Waals surface area contributed by atoms with Crippen LogP contribution in [0, 0.1) is 0 Å². The third-order valence-corrected chi connectivity index (χ3v) is 4.58. The second-order valence-electron chi connectivity index (χ2n) is 4.44. The van der Waals surface area contributed by atoms with Crippen molar-refractivity contribution in [2.75, 3.05) is 12.3 Å². The monoisotopic (exact) mass is 339 g/mol. The van der Waals surface area contributed by atoms with Crippen LogP contribution in [0.3, 0.4) is 0 Å². The number of hydrogen-bond acceptors (Lipinski definition) is 6. The van der Waals surface area contributed by atoms with Crippen LogP contribution in [0.5, 0.6) is 0 Å². The van der Waals surface area contributed by atoms with Crippen LogP contribution in [0.2, 0.25) is 0 Å². The summed E-state index contributed by atoms with van der Waals surface area (Å²) in [6.45, 7) is 2.48. The van der Waals surface area contributed by atoms with E-state index < -0.39 is 6.03 Å². The fraction of sp³-hybridized carbons (Fsp3) is 0.385. The largest absolute Gasteiger partial charge is 0.338 e. The Bertz CT molecular complexity index is 639. The van der Waals surface area contributed by atoms with Gasteiger partial charge in [-0.15, -0.1) is 21.5 Å². The highest BCUT2D eigenvalue weighted by Crippen LogP contribution is 2.25. The van der Waals surface area contributed by atoms with Gasteiger partial charge in [0.05, 0.1) is 10.6 Å². The van der Waals surface area contributed by atoms with Gasteiger partial charge in [-0.1, -0.05) is 24.8 Å². The molecule has 2 N–H and O–H groups in total. The van der Waals surface area contributed by atoms with E-state index >= 15 is 0 Å². The molecule has 22 heavy (non-hydrogen) atoms. The minimum Gasteiger partial charge on any atom is -0.338 e. The molecule has 0 saturated carbocycles. The Morgan fingerprint density at radius 1 is 1.41 bits per heavy atom. The highest BCUT2D eigenvalue weighted by atomic mass is 32.2. The average Bonchev–Trinajstić information content (AvgIpc) is 3.12. The van der Waals surface area contributed by atoms with E-state index in [0.29, 0.717) is 11.7 Å². The lowest BCUT2D eigenvalue weighted by molar-refractivity contribution is -0.117. The fourth-order valence-corrected chi connectivity index (χ4v) is 3.09. The molecule has 0 saturated heterocycles.